The van der Waals surface area contributed by atoms with Gasteiger partial charge >= 0.3 is 0 Å². The van der Waals surface area contributed by atoms with E-state index in [0.717, 1.165) is 5.92 Å². The van der Waals surface area contributed by atoms with Crippen molar-refractivity contribution in [2.45, 2.75) is 103 Å². The first-order chi connectivity index (χ1) is 8.52. The number of rotatable bonds is 7. The summed E-state index contributed by atoms with van der Waals surface area (Å²) in [7, 11) is 0. The topological polar surface area (TPSA) is 12.0 Å². The minimum absolute atomic E-state index is 0.383. The second-order valence-electron chi connectivity index (χ2n) is 6.84. The molecule has 1 N–H and O–H groups in total. The molecular weight excluding hydrogens is 218 g/mol. The SMILES string of the molecule is CCCCC1(CCCC)NC(C)(CC)CCC1C. The molecule has 0 radical (unpaired) electrons. The fourth-order valence-electron chi connectivity index (χ4n) is 3.59. The van der Waals surface area contributed by atoms with Crippen LogP contribution in [-0.2, 0) is 0 Å². The van der Waals surface area contributed by atoms with Gasteiger partial charge in [-0.3, -0.25) is 0 Å². The lowest BCUT2D eigenvalue weighted by molar-refractivity contribution is 0.0624. The molecule has 1 fully saturated rings. The summed E-state index contributed by atoms with van der Waals surface area (Å²) in [5, 5.41) is 4.11. The number of unbranched alkanes of at least 4 members (excludes halogenated alkanes) is 2. The zero-order valence-electron chi connectivity index (χ0n) is 13.4. The Morgan fingerprint density at radius 3 is 2.06 bits per heavy atom. The Labute approximate surface area is 115 Å². The summed E-state index contributed by atoms with van der Waals surface area (Å²) in [5.41, 5.74) is 0.809. The molecule has 0 spiro atoms. The molecule has 0 amide bonds. The number of hydrogen-bond donors (Lipinski definition) is 1. The van der Waals surface area contributed by atoms with Crippen molar-refractivity contribution in [1.29, 1.82) is 0 Å². The molecular formula is C17H35N. The summed E-state index contributed by atoms with van der Waals surface area (Å²) >= 11 is 0. The summed E-state index contributed by atoms with van der Waals surface area (Å²) in [4.78, 5) is 0. The Morgan fingerprint density at radius 1 is 1.06 bits per heavy atom. The first kappa shape index (κ1) is 16.0. The van der Waals surface area contributed by atoms with Crippen molar-refractivity contribution >= 4 is 0 Å². The van der Waals surface area contributed by atoms with Crippen LogP contribution in [0.25, 0.3) is 0 Å². The first-order valence-corrected chi connectivity index (χ1v) is 8.31. The molecule has 0 saturated carbocycles. The Morgan fingerprint density at radius 2 is 1.61 bits per heavy atom. The van der Waals surface area contributed by atoms with E-state index in [1.165, 1.54) is 57.8 Å². The molecule has 1 aliphatic rings. The van der Waals surface area contributed by atoms with E-state index < -0.39 is 0 Å². The van der Waals surface area contributed by atoms with Crippen molar-refractivity contribution < 1.29 is 0 Å². The highest BCUT2D eigenvalue weighted by Crippen LogP contribution is 2.41. The van der Waals surface area contributed by atoms with E-state index in [4.69, 9.17) is 0 Å². The largest absolute Gasteiger partial charge is 0.306 e. The summed E-state index contributed by atoms with van der Waals surface area (Å²) in [5.74, 6) is 0.843. The maximum absolute atomic E-state index is 4.11. The minimum Gasteiger partial charge on any atom is -0.306 e. The van der Waals surface area contributed by atoms with Crippen LogP contribution in [-0.4, -0.2) is 11.1 Å². The number of nitrogens with one attached hydrogen (secondary N) is 1. The molecule has 0 aromatic carbocycles. The van der Waals surface area contributed by atoms with Gasteiger partial charge in [0.15, 0.2) is 0 Å². The van der Waals surface area contributed by atoms with E-state index in [-0.39, 0.29) is 0 Å². The molecule has 18 heavy (non-hydrogen) atoms. The highest BCUT2D eigenvalue weighted by atomic mass is 15.1. The summed E-state index contributed by atoms with van der Waals surface area (Å²) in [6.07, 6.45) is 12.2. The zero-order valence-corrected chi connectivity index (χ0v) is 13.4. The van der Waals surface area contributed by atoms with Gasteiger partial charge in [-0.25, -0.2) is 0 Å². The standard InChI is InChI=1S/C17H35N/c1-6-9-12-17(13-10-7-2)15(4)11-14-16(5,8-3)18-17/h15,18H,6-14H2,1-5H3. The van der Waals surface area contributed by atoms with Crippen LogP contribution in [0.2, 0.25) is 0 Å². The predicted octanol–water partition coefficient (Wildman–Crippen LogP) is 5.29. The molecule has 1 heterocycles. The molecule has 2 atom stereocenters. The summed E-state index contributed by atoms with van der Waals surface area (Å²) in [6.45, 7) is 11.9. The predicted molar refractivity (Wildman–Crippen MR) is 82.0 cm³/mol. The average Bonchev–Trinajstić information content (AvgIpc) is 2.38. The molecule has 108 valence electrons. The third-order valence-corrected chi connectivity index (χ3v) is 5.36. The van der Waals surface area contributed by atoms with Crippen molar-refractivity contribution in [3.05, 3.63) is 0 Å². The van der Waals surface area contributed by atoms with Crippen LogP contribution in [0, 0.1) is 5.92 Å². The molecule has 0 aliphatic carbocycles. The third-order valence-electron chi connectivity index (χ3n) is 5.36. The van der Waals surface area contributed by atoms with E-state index in [1.54, 1.807) is 0 Å². The molecule has 1 nitrogen and oxygen atoms in total. The van der Waals surface area contributed by atoms with Gasteiger partial charge in [0.25, 0.3) is 0 Å². The van der Waals surface area contributed by atoms with Crippen LogP contribution in [0.1, 0.15) is 92.4 Å². The van der Waals surface area contributed by atoms with Crippen molar-refractivity contribution in [2.24, 2.45) is 5.92 Å². The van der Waals surface area contributed by atoms with E-state index in [1.807, 2.05) is 0 Å². The van der Waals surface area contributed by atoms with E-state index in [9.17, 15) is 0 Å². The normalized spacial score (nSPS) is 31.5. The lowest BCUT2D eigenvalue weighted by Crippen LogP contribution is -2.63. The van der Waals surface area contributed by atoms with Crippen LogP contribution >= 0.6 is 0 Å². The molecule has 1 heteroatoms. The first-order valence-electron chi connectivity index (χ1n) is 8.31. The van der Waals surface area contributed by atoms with Gasteiger partial charge in [-0.2, -0.15) is 0 Å². The Balaban J connectivity index is 2.81. The second kappa shape index (κ2) is 6.93. The summed E-state index contributed by atoms with van der Waals surface area (Å²) < 4.78 is 0. The minimum atomic E-state index is 0.383. The highest BCUT2D eigenvalue weighted by molar-refractivity contribution is 5.03. The molecule has 0 bridgehead atoms. The quantitative estimate of drug-likeness (QED) is 0.649. The van der Waals surface area contributed by atoms with Crippen LogP contribution < -0.4 is 5.32 Å². The Kier molecular flexibility index (Phi) is 6.17. The van der Waals surface area contributed by atoms with Crippen LogP contribution in [0.4, 0.5) is 0 Å². The fourth-order valence-corrected chi connectivity index (χ4v) is 3.59. The Hall–Kier alpha value is -0.0400. The molecule has 0 aromatic heterocycles. The van der Waals surface area contributed by atoms with Crippen molar-refractivity contribution in [2.75, 3.05) is 0 Å². The van der Waals surface area contributed by atoms with Crippen LogP contribution in [0.3, 0.4) is 0 Å². The summed E-state index contributed by atoms with van der Waals surface area (Å²) in [6, 6.07) is 0. The van der Waals surface area contributed by atoms with Gasteiger partial charge in [0.2, 0.25) is 0 Å². The molecule has 1 rings (SSSR count). The number of piperidine rings is 1. The van der Waals surface area contributed by atoms with Gasteiger partial charge in [-0.05, 0) is 44.9 Å². The molecule has 1 saturated heterocycles. The monoisotopic (exact) mass is 253 g/mol. The maximum Gasteiger partial charge on any atom is 0.0212 e. The Bertz CT molecular complexity index is 228. The van der Waals surface area contributed by atoms with Crippen molar-refractivity contribution in [3.63, 3.8) is 0 Å². The molecule has 1 aliphatic heterocycles. The highest BCUT2D eigenvalue weighted by Gasteiger charge is 2.43. The lowest BCUT2D eigenvalue weighted by Gasteiger charge is -2.52. The van der Waals surface area contributed by atoms with Gasteiger partial charge in [-0.1, -0.05) is 53.4 Å². The second-order valence-corrected chi connectivity index (χ2v) is 6.84. The van der Waals surface area contributed by atoms with E-state index >= 15 is 0 Å². The molecule has 2 unspecified atom stereocenters. The fraction of sp³-hybridized carbons (Fsp3) is 1.00. The lowest BCUT2D eigenvalue weighted by atomic mass is 9.68. The van der Waals surface area contributed by atoms with E-state index in [0.29, 0.717) is 11.1 Å². The average molecular weight is 253 g/mol. The van der Waals surface area contributed by atoms with Crippen molar-refractivity contribution in [1.82, 2.24) is 5.32 Å². The van der Waals surface area contributed by atoms with Gasteiger partial charge in [-0.15, -0.1) is 0 Å². The third kappa shape index (κ3) is 3.73. The van der Waals surface area contributed by atoms with Crippen molar-refractivity contribution in [3.8, 4) is 0 Å². The van der Waals surface area contributed by atoms with Crippen LogP contribution in [0.5, 0.6) is 0 Å². The molecule has 0 aromatic rings. The smallest absolute Gasteiger partial charge is 0.0212 e. The maximum atomic E-state index is 4.11. The van der Waals surface area contributed by atoms with Gasteiger partial charge in [0.05, 0.1) is 0 Å². The van der Waals surface area contributed by atoms with Gasteiger partial charge in [0, 0.05) is 11.1 Å². The van der Waals surface area contributed by atoms with Gasteiger partial charge in [0.1, 0.15) is 0 Å². The van der Waals surface area contributed by atoms with Gasteiger partial charge < -0.3 is 5.32 Å². The van der Waals surface area contributed by atoms with Crippen LogP contribution in [0.15, 0.2) is 0 Å². The zero-order chi connectivity index (χ0) is 13.6. The number of hydrogen-bond acceptors (Lipinski definition) is 1. The van der Waals surface area contributed by atoms with E-state index in [2.05, 4.69) is 39.9 Å².